The molecule has 4 fully saturated rings. The third-order valence-electron chi connectivity index (χ3n) is 11.4. The Morgan fingerprint density at radius 3 is 2.69 bits per heavy atom. The Labute approximate surface area is 215 Å². The number of ketones is 1. The highest BCUT2D eigenvalue weighted by molar-refractivity contribution is 7.10. The molecule has 0 aliphatic heterocycles. The number of amides is 1. The van der Waals surface area contributed by atoms with Crippen LogP contribution < -0.4 is 5.32 Å². The molecule has 4 aliphatic carbocycles. The molecule has 1 aromatic heterocycles. The van der Waals surface area contributed by atoms with Gasteiger partial charge in [-0.15, -0.1) is 11.3 Å². The van der Waals surface area contributed by atoms with E-state index >= 15 is 0 Å². The number of nitrogens with one attached hydrogen (secondary N) is 1. The van der Waals surface area contributed by atoms with Crippen molar-refractivity contribution in [3.8, 4) is 0 Å². The average molecular weight is 500 g/mol. The van der Waals surface area contributed by atoms with Gasteiger partial charge in [0.15, 0.2) is 0 Å². The summed E-state index contributed by atoms with van der Waals surface area (Å²) in [6, 6.07) is 4.29. The zero-order chi connectivity index (χ0) is 25.0. The van der Waals surface area contributed by atoms with Crippen molar-refractivity contribution in [3.05, 3.63) is 22.4 Å². The van der Waals surface area contributed by atoms with Crippen molar-refractivity contribution in [2.24, 2.45) is 46.3 Å². The number of rotatable bonds is 6. The summed E-state index contributed by atoms with van der Waals surface area (Å²) in [6.07, 6.45) is 9.17. The van der Waals surface area contributed by atoms with Crippen LogP contribution in [0.1, 0.15) is 103 Å². The lowest BCUT2D eigenvalue weighted by atomic mass is 9.44. The lowest BCUT2D eigenvalue weighted by Crippen LogP contribution is -2.58. The van der Waals surface area contributed by atoms with Gasteiger partial charge in [-0.25, -0.2) is 0 Å². The Kier molecular flexibility index (Phi) is 6.98. The third kappa shape index (κ3) is 4.33. The summed E-state index contributed by atoms with van der Waals surface area (Å²) in [5, 5.41) is 16.8. The minimum absolute atomic E-state index is 0.116. The fourth-order valence-electron chi connectivity index (χ4n) is 9.54. The van der Waals surface area contributed by atoms with Crippen molar-refractivity contribution in [2.75, 3.05) is 0 Å². The summed E-state index contributed by atoms with van der Waals surface area (Å²) in [5.41, 5.74) is 0.410. The quantitative estimate of drug-likeness (QED) is 0.467. The van der Waals surface area contributed by atoms with Crippen LogP contribution in [0.3, 0.4) is 0 Å². The summed E-state index contributed by atoms with van der Waals surface area (Å²) < 4.78 is 0. The van der Waals surface area contributed by atoms with Crippen LogP contribution in [0.25, 0.3) is 0 Å². The molecule has 5 heteroatoms. The maximum absolute atomic E-state index is 13.1. The molecular weight excluding hydrogens is 454 g/mol. The molecule has 1 heterocycles. The first-order valence-electron chi connectivity index (χ1n) is 14.2. The van der Waals surface area contributed by atoms with E-state index in [0.717, 1.165) is 25.7 Å². The molecule has 0 radical (unpaired) electrons. The van der Waals surface area contributed by atoms with Crippen LogP contribution >= 0.6 is 11.3 Å². The van der Waals surface area contributed by atoms with Crippen LogP contribution in [0.15, 0.2) is 17.5 Å². The van der Waals surface area contributed by atoms with Gasteiger partial charge in [0.1, 0.15) is 5.78 Å². The zero-order valence-electron chi connectivity index (χ0n) is 22.1. The fourth-order valence-corrected chi connectivity index (χ4v) is 10.4. The number of thiophene rings is 1. The molecule has 194 valence electrons. The molecular formula is C30H45NO3S. The van der Waals surface area contributed by atoms with E-state index in [1.54, 1.807) is 11.3 Å². The van der Waals surface area contributed by atoms with Crippen molar-refractivity contribution >= 4 is 23.0 Å². The van der Waals surface area contributed by atoms with Crippen LogP contribution in [0.5, 0.6) is 0 Å². The molecule has 1 unspecified atom stereocenters. The second kappa shape index (κ2) is 9.59. The Morgan fingerprint density at radius 2 is 1.97 bits per heavy atom. The molecule has 1 amide bonds. The van der Waals surface area contributed by atoms with Crippen LogP contribution in [0.2, 0.25) is 0 Å². The van der Waals surface area contributed by atoms with Gasteiger partial charge < -0.3 is 10.4 Å². The normalized spacial score (nSPS) is 42.5. The standard InChI is InChI=1S/C30H45NO3S/c1-5-24(26-7-6-14-35-26)31-27(34)15-18(2)21-8-9-22-28-23(11-13-30(21,22)4)29(3)12-10-20(32)16-19(29)17-25(28)33/h6-7,14,18-19,21-25,28,33H,5,8-13,15-17H2,1-4H3,(H,31,34)/t18-,19+,21?,22+,23+,24+,25-,28+,29+,30-/m1/s1. The van der Waals surface area contributed by atoms with Gasteiger partial charge in [0.25, 0.3) is 0 Å². The number of carbonyl (C=O) groups excluding carboxylic acids is 2. The summed E-state index contributed by atoms with van der Waals surface area (Å²) >= 11 is 1.72. The number of aliphatic hydroxyl groups excluding tert-OH is 1. The van der Waals surface area contributed by atoms with Gasteiger partial charge >= 0.3 is 0 Å². The highest BCUT2D eigenvalue weighted by atomic mass is 32.1. The van der Waals surface area contributed by atoms with Gasteiger partial charge in [-0.1, -0.05) is 33.8 Å². The Balaban J connectivity index is 1.28. The van der Waals surface area contributed by atoms with Crippen molar-refractivity contribution in [1.82, 2.24) is 5.32 Å². The van der Waals surface area contributed by atoms with Crippen LogP contribution in [-0.2, 0) is 9.59 Å². The SMILES string of the molecule is CC[C@H](NC(=O)C[C@@H](C)C1CC[C@H]2[C@@H]3[C@H](O)C[C@@H]4CC(=O)CC[C@]4(C)[C@H]3CC[C@]12C)c1cccs1. The van der Waals surface area contributed by atoms with Crippen molar-refractivity contribution in [1.29, 1.82) is 0 Å². The van der Waals surface area contributed by atoms with Crippen LogP contribution in [0.4, 0.5) is 0 Å². The van der Waals surface area contributed by atoms with E-state index in [0.29, 0.717) is 54.1 Å². The Hall–Kier alpha value is -1.20. The summed E-state index contributed by atoms with van der Waals surface area (Å²) in [4.78, 5) is 26.5. The van der Waals surface area contributed by atoms with E-state index in [1.807, 2.05) is 0 Å². The molecule has 0 aromatic carbocycles. The highest BCUT2D eigenvalue weighted by Crippen LogP contribution is 2.68. The minimum atomic E-state index is -0.276. The average Bonchev–Trinajstić information content (AvgIpc) is 3.46. The van der Waals surface area contributed by atoms with E-state index in [4.69, 9.17) is 0 Å². The molecule has 5 rings (SSSR count). The number of aliphatic hydroxyl groups is 1. The minimum Gasteiger partial charge on any atom is -0.393 e. The van der Waals surface area contributed by atoms with Crippen molar-refractivity contribution in [2.45, 2.75) is 104 Å². The van der Waals surface area contributed by atoms with Crippen LogP contribution in [0, 0.1) is 46.3 Å². The molecule has 4 saturated carbocycles. The van der Waals surface area contributed by atoms with E-state index in [9.17, 15) is 14.7 Å². The molecule has 0 saturated heterocycles. The molecule has 35 heavy (non-hydrogen) atoms. The first-order valence-corrected chi connectivity index (χ1v) is 15.1. The van der Waals surface area contributed by atoms with Gasteiger partial charge in [-0.3, -0.25) is 9.59 Å². The number of hydrogen-bond donors (Lipinski definition) is 2. The van der Waals surface area contributed by atoms with Crippen LogP contribution in [-0.4, -0.2) is 22.9 Å². The van der Waals surface area contributed by atoms with Crippen molar-refractivity contribution < 1.29 is 14.7 Å². The van der Waals surface area contributed by atoms with Gasteiger partial charge in [0, 0.05) is 24.1 Å². The van der Waals surface area contributed by atoms with Gasteiger partial charge in [-0.2, -0.15) is 0 Å². The number of hydrogen-bond acceptors (Lipinski definition) is 4. The van der Waals surface area contributed by atoms with E-state index < -0.39 is 0 Å². The second-order valence-corrected chi connectivity index (χ2v) is 14.0. The summed E-state index contributed by atoms with van der Waals surface area (Å²) in [7, 11) is 0. The number of fused-ring (bicyclic) bond motifs is 5. The van der Waals surface area contributed by atoms with Crippen molar-refractivity contribution in [3.63, 3.8) is 0 Å². The maximum atomic E-state index is 13.1. The maximum Gasteiger partial charge on any atom is 0.220 e. The van der Waals surface area contributed by atoms with Gasteiger partial charge in [-0.05, 0) is 103 Å². The lowest BCUT2D eigenvalue weighted by molar-refractivity contribution is -0.169. The monoisotopic (exact) mass is 499 g/mol. The second-order valence-electron chi connectivity index (χ2n) is 13.0. The lowest BCUT2D eigenvalue weighted by Gasteiger charge is -2.61. The largest absolute Gasteiger partial charge is 0.393 e. The molecule has 0 bridgehead atoms. The Morgan fingerprint density at radius 1 is 1.20 bits per heavy atom. The number of Topliss-reactive ketones (excluding diaryl/α,β-unsaturated/α-hetero) is 1. The first-order chi connectivity index (χ1) is 16.7. The van der Waals surface area contributed by atoms with E-state index in [-0.39, 0.29) is 28.9 Å². The van der Waals surface area contributed by atoms with E-state index in [1.165, 1.54) is 30.6 Å². The molecule has 2 N–H and O–H groups in total. The fraction of sp³-hybridized carbons (Fsp3) is 0.800. The predicted molar refractivity (Wildman–Crippen MR) is 141 cm³/mol. The molecule has 1 aromatic rings. The number of carbonyl (C=O) groups is 2. The molecule has 0 spiro atoms. The smallest absolute Gasteiger partial charge is 0.220 e. The predicted octanol–water partition coefficient (Wildman–Crippen LogP) is 6.54. The van der Waals surface area contributed by atoms with E-state index in [2.05, 4.69) is 50.5 Å². The topological polar surface area (TPSA) is 66.4 Å². The summed E-state index contributed by atoms with van der Waals surface area (Å²) in [6.45, 7) is 9.34. The van der Waals surface area contributed by atoms with Gasteiger partial charge in [0.05, 0.1) is 12.1 Å². The van der Waals surface area contributed by atoms with Gasteiger partial charge in [0.2, 0.25) is 5.91 Å². The molecule has 4 aliphatic rings. The first kappa shape index (κ1) is 25.4. The molecule has 10 atom stereocenters. The third-order valence-corrected chi connectivity index (χ3v) is 12.4. The highest BCUT2D eigenvalue weighted by Gasteiger charge is 2.62. The Bertz CT molecular complexity index is 930. The summed E-state index contributed by atoms with van der Waals surface area (Å²) in [5.74, 6) is 3.25. The zero-order valence-corrected chi connectivity index (χ0v) is 22.9. The molecule has 4 nitrogen and oxygen atoms in total.